The number of methoxy groups -OCH3 is 1. The van der Waals surface area contributed by atoms with Gasteiger partial charge in [-0.05, 0) is 18.2 Å². The van der Waals surface area contributed by atoms with Crippen molar-refractivity contribution in [3.8, 4) is 17.2 Å². The van der Waals surface area contributed by atoms with E-state index in [-0.39, 0.29) is 5.89 Å². The Bertz CT molecular complexity index is 479. The average Bonchev–Trinajstić information content (AvgIpc) is 2.78. The van der Waals surface area contributed by atoms with Gasteiger partial charge >= 0.3 is 0 Å². The van der Waals surface area contributed by atoms with Gasteiger partial charge in [0.1, 0.15) is 5.75 Å². The summed E-state index contributed by atoms with van der Waals surface area (Å²) in [6.45, 7) is 0. The van der Waals surface area contributed by atoms with Gasteiger partial charge < -0.3 is 9.15 Å². The van der Waals surface area contributed by atoms with E-state index >= 15 is 0 Å². The zero-order valence-electron chi connectivity index (χ0n) is 8.01. The Morgan fingerprint density at radius 1 is 1.40 bits per heavy atom. The molecule has 2 rings (SSSR count). The number of benzene rings is 1. The molecule has 2 aromatic rings. The highest BCUT2D eigenvalue weighted by molar-refractivity contribution is 5.68. The third kappa shape index (κ3) is 1.85. The molecule has 0 radical (unpaired) electrons. The molecule has 76 valence electrons. The van der Waals surface area contributed by atoms with Crippen LogP contribution < -0.4 is 4.74 Å². The molecule has 0 bridgehead atoms. The minimum atomic E-state index is -0.0344. The van der Waals surface area contributed by atoms with Crippen molar-refractivity contribution in [2.24, 2.45) is 0 Å². The fourth-order valence-electron chi connectivity index (χ4n) is 1.15. The first-order valence-electron chi connectivity index (χ1n) is 4.26. The van der Waals surface area contributed by atoms with Gasteiger partial charge in [0.15, 0.2) is 0 Å². The lowest BCUT2D eigenvalue weighted by Crippen LogP contribution is -1.83. The number of carbonyl (C=O) groups excluding carboxylic acids is 1. The van der Waals surface area contributed by atoms with E-state index in [1.54, 1.807) is 31.4 Å². The molecule has 0 atom stereocenters. The summed E-state index contributed by atoms with van der Waals surface area (Å²) < 4.78 is 10.1. The number of hydrogen-bond acceptors (Lipinski definition) is 5. The van der Waals surface area contributed by atoms with Crippen molar-refractivity contribution in [3.05, 3.63) is 30.2 Å². The standard InChI is InChI=1S/C10H8N2O3/c1-14-8-4-2-3-7(5-8)10-12-11-9(6-13)15-10/h2-6H,1H3. The molecule has 5 heteroatoms. The summed E-state index contributed by atoms with van der Waals surface area (Å²) in [5.41, 5.74) is 0.718. The largest absolute Gasteiger partial charge is 0.497 e. The van der Waals surface area contributed by atoms with E-state index in [1.165, 1.54) is 0 Å². The van der Waals surface area contributed by atoms with Crippen LogP contribution in [0.25, 0.3) is 11.5 Å². The van der Waals surface area contributed by atoms with Crippen molar-refractivity contribution in [1.29, 1.82) is 0 Å². The quantitative estimate of drug-likeness (QED) is 0.710. The van der Waals surface area contributed by atoms with E-state index in [2.05, 4.69) is 10.2 Å². The first-order chi connectivity index (χ1) is 7.33. The first kappa shape index (κ1) is 9.39. The lowest BCUT2D eigenvalue weighted by atomic mass is 10.2. The summed E-state index contributed by atoms with van der Waals surface area (Å²) in [5, 5.41) is 7.27. The van der Waals surface area contributed by atoms with Crippen molar-refractivity contribution in [2.75, 3.05) is 7.11 Å². The van der Waals surface area contributed by atoms with Gasteiger partial charge in [-0.3, -0.25) is 4.79 Å². The van der Waals surface area contributed by atoms with Crippen LogP contribution in [-0.4, -0.2) is 23.6 Å². The summed E-state index contributed by atoms with van der Waals surface area (Å²) in [6, 6.07) is 7.16. The van der Waals surface area contributed by atoms with E-state index in [1.807, 2.05) is 0 Å². The average molecular weight is 204 g/mol. The molecule has 0 saturated carbocycles. The van der Waals surface area contributed by atoms with Crippen molar-refractivity contribution in [1.82, 2.24) is 10.2 Å². The Balaban J connectivity index is 2.39. The Morgan fingerprint density at radius 3 is 2.93 bits per heavy atom. The Kier molecular flexibility index (Phi) is 2.45. The second-order valence-corrected chi connectivity index (χ2v) is 2.80. The summed E-state index contributed by atoms with van der Waals surface area (Å²) >= 11 is 0. The summed E-state index contributed by atoms with van der Waals surface area (Å²) in [7, 11) is 1.57. The van der Waals surface area contributed by atoms with Crippen molar-refractivity contribution in [2.45, 2.75) is 0 Å². The zero-order valence-corrected chi connectivity index (χ0v) is 8.01. The van der Waals surface area contributed by atoms with E-state index in [0.717, 1.165) is 5.56 Å². The molecule has 0 unspecified atom stereocenters. The molecule has 0 aliphatic heterocycles. The van der Waals surface area contributed by atoms with Crippen LogP contribution >= 0.6 is 0 Å². The Morgan fingerprint density at radius 2 is 2.27 bits per heavy atom. The van der Waals surface area contributed by atoms with Crippen LogP contribution in [-0.2, 0) is 0 Å². The van der Waals surface area contributed by atoms with E-state index < -0.39 is 0 Å². The minimum Gasteiger partial charge on any atom is -0.497 e. The van der Waals surface area contributed by atoms with Gasteiger partial charge in [-0.1, -0.05) is 6.07 Å². The Hall–Kier alpha value is -2.17. The van der Waals surface area contributed by atoms with Crippen LogP contribution in [0.15, 0.2) is 28.7 Å². The SMILES string of the molecule is COc1cccc(-c2nnc(C=O)o2)c1. The van der Waals surface area contributed by atoms with Crippen LogP contribution in [0.4, 0.5) is 0 Å². The molecular weight excluding hydrogens is 196 g/mol. The number of aldehydes is 1. The lowest BCUT2D eigenvalue weighted by Gasteiger charge is -1.99. The van der Waals surface area contributed by atoms with Crippen molar-refractivity contribution in [3.63, 3.8) is 0 Å². The van der Waals surface area contributed by atoms with E-state index in [4.69, 9.17) is 9.15 Å². The summed E-state index contributed by atoms with van der Waals surface area (Å²) in [4.78, 5) is 10.4. The molecule has 1 aromatic heterocycles. The molecule has 0 spiro atoms. The number of carbonyl (C=O) groups is 1. The van der Waals surface area contributed by atoms with Crippen molar-refractivity contribution < 1.29 is 13.9 Å². The molecule has 15 heavy (non-hydrogen) atoms. The minimum absolute atomic E-state index is 0.0344. The third-order valence-corrected chi connectivity index (χ3v) is 1.86. The van der Waals surface area contributed by atoms with Crippen LogP contribution in [0.5, 0.6) is 5.75 Å². The van der Waals surface area contributed by atoms with Gasteiger partial charge in [0.05, 0.1) is 7.11 Å². The molecule has 0 fully saturated rings. The van der Waals surface area contributed by atoms with Crippen LogP contribution in [0.1, 0.15) is 10.7 Å². The summed E-state index contributed by atoms with van der Waals surface area (Å²) in [6.07, 6.45) is 0.511. The molecule has 0 N–H and O–H groups in total. The molecule has 5 nitrogen and oxygen atoms in total. The van der Waals surface area contributed by atoms with Gasteiger partial charge in [0, 0.05) is 5.56 Å². The van der Waals surface area contributed by atoms with Gasteiger partial charge in [-0.15, -0.1) is 10.2 Å². The molecule has 1 aromatic carbocycles. The van der Waals surface area contributed by atoms with Crippen LogP contribution in [0, 0.1) is 0 Å². The topological polar surface area (TPSA) is 65.2 Å². The Labute approximate surface area is 85.7 Å². The highest BCUT2D eigenvalue weighted by Gasteiger charge is 2.07. The monoisotopic (exact) mass is 204 g/mol. The second-order valence-electron chi connectivity index (χ2n) is 2.80. The van der Waals surface area contributed by atoms with Gasteiger partial charge in [0.25, 0.3) is 5.89 Å². The maximum atomic E-state index is 10.4. The third-order valence-electron chi connectivity index (χ3n) is 1.86. The smallest absolute Gasteiger partial charge is 0.280 e. The maximum Gasteiger partial charge on any atom is 0.280 e. The predicted molar refractivity (Wildman–Crippen MR) is 51.7 cm³/mol. The first-order valence-corrected chi connectivity index (χ1v) is 4.26. The molecule has 1 heterocycles. The van der Waals surface area contributed by atoms with Gasteiger partial charge in [-0.25, -0.2) is 0 Å². The normalized spacial score (nSPS) is 9.93. The number of nitrogens with zero attached hydrogens (tertiary/aromatic N) is 2. The van der Waals surface area contributed by atoms with Crippen LogP contribution in [0.2, 0.25) is 0 Å². The highest BCUT2D eigenvalue weighted by atomic mass is 16.5. The molecule has 0 aliphatic rings. The number of hydrogen-bond donors (Lipinski definition) is 0. The fourth-order valence-corrected chi connectivity index (χ4v) is 1.15. The van der Waals surface area contributed by atoms with Crippen LogP contribution in [0.3, 0.4) is 0 Å². The van der Waals surface area contributed by atoms with Gasteiger partial charge in [-0.2, -0.15) is 0 Å². The van der Waals surface area contributed by atoms with E-state index in [0.29, 0.717) is 17.9 Å². The lowest BCUT2D eigenvalue weighted by molar-refractivity contribution is 0.109. The molecule has 0 aliphatic carbocycles. The van der Waals surface area contributed by atoms with Gasteiger partial charge in [0.2, 0.25) is 12.2 Å². The maximum absolute atomic E-state index is 10.4. The predicted octanol–water partition coefficient (Wildman–Crippen LogP) is 1.56. The zero-order chi connectivity index (χ0) is 10.7. The molecular formula is C10H8N2O3. The molecule has 0 amide bonds. The number of rotatable bonds is 3. The number of ether oxygens (including phenoxy) is 1. The second kappa shape index (κ2) is 3.91. The number of aromatic nitrogens is 2. The van der Waals surface area contributed by atoms with Crippen molar-refractivity contribution >= 4 is 6.29 Å². The summed E-state index contributed by atoms with van der Waals surface area (Å²) in [5.74, 6) is 0.960. The van der Waals surface area contributed by atoms with E-state index in [9.17, 15) is 4.79 Å². The fraction of sp³-hybridized carbons (Fsp3) is 0.100. The highest BCUT2D eigenvalue weighted by Crippen LogP contribution is 2.21. The molecule has 0 saturated heterocycles.